The van der Waals surface area contributed by atoms with Crippen molar-refractivity contribution in [3.63, 3.8) is 0 Å². The van der Waals surface area contributed by atoms with Crippen molar-refractivity contribution in [2.24, 2.45) is 0 Å². The van der Waals surface area contributed by atoms with Crippen molar-refractivity contribution in [2.75, 3.05) is 11.1 Å². The normalized spacial score (nSPS) is 10.7. The second-order valence-corrected chi connectivity index (χ2v) is 5.19. The van der Waals surface area contributed by atoms with E-state index in [2.05, 4.69) is 10.3 Å². The summed E-state index contributed by atoms with van der Waals surface area (Å²) < 4.78 is 0. The minimum Gasteiger partial charge on any atom is -0.397 e. The predicted molar refractivity (Wildman–Crippen MR) is 85.9 cm³/mol. The molecule has 3 rings (SSSR count). The number of nitrogen functional groups attached to an aromatic ring is 1. The highest BCUT2D eigenvalue weighted by molar-refractivity contribution is 6.35. The zero-order valence-electron chi connectivity index (χ0n) is 10.4. The summed E-state index contributed by atoms with van der Waals surface area (Å²) in [6, 6.07) is 12.8. The Kier molecular flexibility index (Phi) is 3.38. The molecular weight excluding hydrogens is 293 g/mol. The third-order valence-electron chi connectivity index (χ3n) is 3.00. The van der Waals surface area contributed by atoms with Crippen LogP contribution in [0.15, 0.2) is 48.7 Å². The summed E-state index contributed by atoms with van der Waals surface area (Å²) in [5.41, 5.74) is 8.96. The number of pyridine rings is 1. The molecule has 0 bridgehead atoms. The van der Waals surface area contributed by atoms with Gasteiger partial charge in [-0.2, -0.15) is 0 Å². The maximum absolute atomic E-state index is 6.17. The van der Waals surface area contributed by atoms with Crippen LogP contribution in [0.4, 0.5) is 17.1 Å². The van der Waals surface area contributed by atoms with Crippen molar-refractivity contribution >= 4 is 51.2 Å². The van der Waals surface area contributed by atoms with E-state index >= 15 is 0 Å². The average Bonchev–Trinajstić information content (AvgIpc) is 2.46. The number of nitrogens with one attached hydrogen (secondary N) is 1. The van der Waals surface area contributed by atoms with E-state index in [1.807, 2.05) is 24.3 Å². The van der Waals surface area contributed by atoms with Crippen molar-refractivity contribution in [2.45, 2.75) is 0 Å². The van der Waals surface area contributed by atoms with Gasteiger partial charge in [-0.15, -0.1) is 0 Å². The van der Waals surface area contributed by atoms with Gasteiger partial charge in [0.1, 0.15) is 0 Å². The van der Waals surface area contributed by atoms with Crippen molar-refractivity contribution in [1.82, 2.24) is 4.98 Å². The van der Waals surface area contributed by atoms with E-state index in [1.54, 1.807) is 24.4 Å². The minimum absolute atomic E-state index is 0.600. The molecule has 0 aliphatic rings. The standard InChI is InChI=1S/C15H11Cl2N3/c16-9-3-4-11(17)14(8-9)20-13-6-5-12(18)15-10(13)2-1-7-19-15/h1-8,20H,18H2. The number of anilines is 3. The van der Waals surface area contributed by atoms with Crippen LogP contribution in [0.2, 0.25) is 10.0 Å². The number of fused-ring (bicyclic) bond motifs is 1. The molecule has 1 aromatic heterocycles. The molecule has 0 spiro atoms. The van der Waals surface area contributed by atoms with E-state index in [0.717, 1.165) is 22.3 Å². The smallest absolute Gasteiger partial charge is 0.0951 e. The molecule has 20 heavy (non-hydrogen) atoms. The topological polar surface area (TPSA) is 50.9 Å². The van der Waals surface area contributed by atoms with E-state index < -0.39 is 0 Å². The first-order chi connectivity index (χ1) is 9.65. The number of benzene rings is 2. The maximum Gasteiger partial charge on any atom is 0.0951 e. The molecule has 0 aliphatic heterocycles. The summed E-state index contributed by atoms with van der Waals surface area (Å²) in [6.07, 6.45) is 1.72. The van der Waals surface area contributed by atoms with Crippen LogP contribution in [0, 0.1) is 0 Å². The van der Waals surface area contributed by atoms with Crippen LogP contribution >= 0.6 is 23.2 Å². The Morgan fingerprint density at radius 3 is 2.70 bits per heavy atom. The Hall–Kier alpha value is -1.97. The van der Waals surface area contributed by atoms with Gasteiger partial charge in [-0.1, -0.05) is 23.2 Å². The lowest BCUT2D eigenvalue weighted by Gasteiger charge is -2.12. The Balaban J connectivity index is 2.11. The highest BCUT2D eigenvalue weighted by Gasteiger charge is 2.07. The fourth-order valence-electron chi connectivity index (χ4n) is 2.04. The Morgan fingerprint density at radius 2 is 1.85 bits per heavy atom. The first-order valence-corrected chi connectivity index (χ1v) is 6.76. The SMILES string of the molecule is Nc1ccc(Nc2cc(Cl)ccc2Cl)c2cccnc12. The number of aromatic nitrogens is 1. The summed E-state index contributed by atoms with van der Waals surface area (Å²) in [7, 11) is 0. The number of hydrogen-bond donors (Lipinski definition) is 2. The fraction of sp³-hybridized carbons (Fsp3) is 0. The van der Waals surface area contributed by atoms with Gasteiger partial charge in [-0.25, -0.2) is 0 Å². The highest BCUT2D eigenvalue weighted by atomic mass is 35.5. The maximum atomic E-state index is 6.17. The number of nitrogens with zero attached hydrogens (tertiary/aromatic N) is 1. The molecule has 5 heteroatoms. The number of rotatable bonds is 2. The van der Waals surface area contributed by atoms with Gasteiger partial charge in [0.05, 0.1) is 21.9 Å². The van der Waals surface area contributed by atoms with Crippen molar-refractivity contribution < 1.29 is 0 Å². The molecule has 0 aliphatic carbocycles. The van der Waals surface area contributed by atoms with Gasteiger partial charge in [0.2, 0.25) is 0 Å². The van der Waals surface area contributed by atoms with Crippen LogP contribution in [-0.2, 0) is 0 Å². The van der Waals surface area contributed by atoms with Gasteiger partial charge in [-0.05, 0) is 42.5 Å². The van der Waals surface area contributed by atoms with Crippen LogP contribution in [-0.4, -0.2) is 4.98 Å². The Labute approximate surface area is 126 Å². The number of nitrogens with two attached hydrogens (primary N) is 1. The van der Waals surface area contributed by atoms with Gasteiger partial charge < -0.3 is 11.1 Å². The second-order valence-electron chi connectivity index (χ2n) is 4.35. The molecule has 1 heterocycles. The van der Waals surface area contributed by atoms with E-state index in [0.29, 0.717) is 15.7 Å². The zero-order valence-corrected chi connectivity index (χ0v) is 11.9. The van der Waals surface area contributed by atoms with Crippen LogP contribution in [0.5, 0.6) is 0 Å². The first-order valence-electron chi connectivity index (χ1n) is 6.00. The summed E-state index contributed by atoms with van der Waals surface area (Å²) in [5.74, 6) is 0. The lowest BCUT2D eigenvalue weighted by Crippen LogP contribution is -1.96. The first kappa shape index (κ1) is 13.0. The lowest BCUT2D eigenvalue weighted by atomic mass is 10.1. The molecule has 0 amide bonds. The van der Waals surface area contributed by atoms with E-state index in [-0.39, 0.29) is 0 Å². The molecule has 3 nitrogen and oxygen atoms in total. The molecule has 0 radical (unpaired) electrons. The van der Waals surface area contributed by atoms with Gasteiger partial charge in [0, 0.05) is 22.3 Å². The molecule has 3 aromatic rings. The quantitative estimate of drug-likeness (QED) is 0.664. The molecule has 0 fully saturated rings. The van der Waals surface area contributed by atoms with Crippen LogP contribution < -0.4 is 11.1 Å². The van der Waals surface area contributed by atoms with Gasteiger partial charge in [-0.3, -0.25) is 4.98 Å². The molecule has 100 valence electrons. The van der Waals surface area contributed by atoms with Gasteiger partial charge in [0.25, 0.3) is 0 Å². The molecular formula is C15H11Cl2N3. The minimum atomic E-state index is 0.600. The lowest BCUT2D eigenvalue weighted by molar-refractivity contribution is 1.41. The number of halogens is 2. The summed E-state index contributed by atoms with van der Waals surface area (Å²) in [5, 5.41) is 5.43. The van der Waals surface area contributed by atoms with Crippen LogP contribution in [0.25, 0.3) is 10.9 Å². The van der Waals surface area contributed by atoms with Gasteiger partial charge in [0.15, 0.2) is 0 Å². The van der Waals surface area contributed by atoms with E-state index in [1.165, 1.54) is 0 Å². The highest BCUT2D eigenvalue weighted by Crippen LogP contribution is 2.32. The Morgan fingerprint density at radius 1 is 1.00 bits per heavy atom. The summed E-state index contributed by atoms with van der Waals surface area (Å²) >= 11 is 12.2. The third-order valence-corrected chi connectivity index (χ3v) is 3.56. The predicted octanol–water partition coefficient (Wildman–Crippen LogP) is 4.87. The third kappa shape index (κ3) is 2.38. The zero-order chi connectivity index (χ0) is 14.1. The molecule has 0 saturated heterocycles. The van der Waals surface area contributed by atoms with Crippen molar-refractivity contribution in [3.8, 4) is 0 Å². The molecule has 3 N–H and O–H groups in total. The second kappa shape index (κ2) is 5.19. The summed E-state index contributed by atoms with van der Waals surface area (Å²) in [6.45, 7) is 0. The van der Waals surface area contributed by atoms with Crippen LogP contribution in [0.1, 0.15) is 0 Å². The fourth-order valence-corrected chi connectivity index (χ4v) is 2.38. The van der Waals surface area contributed by atoms with Gasteiger partial charge >= 0.3 is 0 Å². The van der Waals surface area contributed by atoms with E-state index in [9.17, 15) is 0 Å². The average molecular weight is 304 g/mol. The summed E-state index contributed by atoms with van der Waals surface area (Å²) in [4.78, 5) is 4.30. The molecule has 2 aromatic carbocycles. The monoisotopic (exact) mass is 303 g/mol. The Bertz CT molecular complexity index is 787. The molecule has 0 unspecified atom stereocenters. The molecule has 0 saturated carbocycles. The van der Waals surface area contributed by atoms with Crippen LogP contribution in [0.3, 0.4) is 0 Å². The molecule has 0 atom stereocenters. The number of hydrogen-bond acceptors (Lipinski definition) is 3. The van der Waals surface area contributed by atoms with E-state index in [4.69, 9.17) is 28.9 Å². The van der Waals surface area contributed by atoms with Crippen molar-refractivity contribution in [3.05, 3.63) is 58.7 Å². The largest absolute Gasteiger partial charge is 0.397 e. The van der Waals surface area contributed by atoms with Crippen molar-refractivity contribution in [1.29, 1.82) is 0 Å².